The normalized spacial score (nSPS) is 20.7. The van der Waals surface area contributed by atoms with Gasteiger partial charge in [0.05, 0.1) is 5.41 Å². The highest BCUT2D eigenvalue weighted by Crippen LogP contribution is 2.41. The fourth-order valence-corrected chi connectivity index (χ4v) is 4.09. The molecule has 3 rings (SSSR count). The van der Waals surface area contributed by atoms with Gasteiger partial charge in [-0.3, -0.25) is 4.79 Å². The second-order valence-electron chi connectivity index (χ2n) is 6.79. The van der Waals surface area contributed by atoms with E-state index in [1.54, 1.807) is 0 Å². The predicted octanol–water partition coefficient (Wildman–Crippen LogP) is 3.73. The van der Waals surface area contributed by atoms with Crippen LogP contribution in [0.1, 0.15) is 44.1 Å². The zero-order valence-electron chi connectivity index (χ0n) is 13.4. The quantitative estimate of drug-likeness (QED) is 0.862. The Balaban J connectivity index is 0.00000192. The van der Waals surface area contributed by atoms with Gasteiger partial charge in [0.25, 0.3) is 0 Å². The Morgan fingerprint density at radius 3 is 2.61 bits per heavy atom. The Kier molecular flexibility index (Phi) is 6.75. The van der Waals surface area contributed by atoms with Gasteiger partial charge in [-0.2, -0.15) is 0 Å². The molecule has 0 bridgehead atoms. The summed E-state index contributed by atoms with van der Waals surface area (Å²) in [4.78, 5) is 13.0. The van der Waals surface area contributed by atoms with Crippen molar-refractivity contribution < 1.29 is 4.79 Å². The molecule has 2 aliphatic rings. The van der Waals surface area contributed by atoms with Crippen LogP contribution in [0.5, 0.6) is 0 Å². The smallest absolute Gasteiger partial charge is 0.226 e. The maximum atomic E-state index is 13.0. The summed E-state index contributed by atoms with van der Waals surface area (Å²) in [5, 5.41) is 7.43. The zero-order chi connectivity index (χ0) is 15.4. The second kappa shape index (κ2) is 8.36. The fraction of sp³-hybridized carbons (Fsp3) is 0.611. The van der Waals surface area contributed by atoms with Crippen LogP contribution in [0.4, 0.5) is 0 Å². The average Bonchev–Trinajstić information content (AvgIpc) is 2.98. The van der Waals surface area contributed by atoms with Crippen molar-refractivity contribution in [3.8, 4) is 0 Å². The molecule has 2 fully saturated rings. The lowest BCUT2D eigenvalue weighted by molar-refractivity contribution is -0.131. The summed E-state index contributed by atoms with van der Waals surface area (Å²) in [6, 6.07) is 8.29. The van der Waals surface area contributed by atoms with E-state index < -0.39 is 0 Å². The van der Waals surface area contributed by atoms with Gasteiger partial charge in [-0.25, -0.2) is 0 Å². The highest BCUT2D eigenvalue weighted by molar-refractivity contribution is 6.30. The molecule has 0 unspecified atom stereocenters. The standard InChI is InChI=1S/C18H25ClN2O.ClH/c19-15-5-3-4-14(12-15)13-18(8-1-2-9-18)17(22)21-16-6-10-20-11-7-16;/h3-5,12,16,20H,1-2,6-11,13H2,(H,21,22);1H. The highest BCUT2D eigenvalue weighted by Gasteiger charge is 2.41. The number of carbonyl (C=O) groups excluding carboxylic acids is 1. The first-order valence-corrected chi connectivity index (χ1v) is 8.82. The average molecular weight is 357 g/mol. The minimum Gasteiger partial charge on any atom is -0.353 e. The van der Waals surface area contributed by atoms with E-state index in [0.717, 1.165) is 63.1 Å². The number of carbonyl (C=O) groups is 1. The molecule has 2 N–H and O–H groups in total. The molecule has 23 heavy (non-hydrogen) atoms. The Morgan fingerprint density at radius 1 is 1.26 bits per heavy atom. The molecule has 1 aromatic carbocycles. The lowest BCUT2D eigenvalue weighted by Crippen LogP contribution is -2.49. The van der Waals surface area contributed by atoms with Crippen molar-refractivity contribution in [1.82, 2.24) is 10.6 Å². The number of rotatable bonds is 4. The van der Waals surface area contributed by atoms with Crippen molar-refractivity contribution in [2.45, 2.75) is 51.0 Å². The number of hydrogen-bond acceptors (Lipinski definition) is 2. The van der Waals surface area contributed by atoms with Crippen LogP contribution in [0, 0.1) is 5.41 Å². The van der Waals surface area contributed by atoms with Gasteiger partial charge in [-0.1, -0.05) is 36.6 Å². The van der Waals surface area contributed by atoms with Crippen LogP contribution in [0.3, 0.4) is 0 Å². The minimum absolute atomic E-state index is 0. The molecule has 5 heteroatoms. The molecule has 3 nitrogen and oxygen atoms in total. The Morgan fingerprint density at radius 2 is 1.96 bits per heavy atom. The van der Waals surface area contributed by atoms with Crippen molar-refractivity contribution in [3.63, 3.8) is 0 Å². The molecule has 0 spiro atoms. The van der Waals surface area contributed by atoms with E-state index >= 15 is 0 Å². The van der Waals surface area contributed by atoms with Gasteiger partial charge in [-0.15, -0.1) is 12.4 Å². The molecule has 1 heterocycles. The summed E-state index contributed by atoms with van der Waals surface area (Å²) >= 11 is 6.10. The zero-order valence-corrected chi connectivity index (χ0v) is 15.0. The number of amides is 1. The number of halogens is 2. The lowest BCUT2D eigenvalue weighted by Gasteiger charge is -2.32. The molecule has 1 amide bonds. The third-order valence-electron chi connectivity index (χ3n) is 5.15. The molecule has 128 valence electrons. The molecule has 1 saturated heterocycles. The molecule has 0 atom stereocenters. The summed E-state index contributed by atoms with van der Waals surface area (Å²) in [5.74, 6) is 0.261. The first kappa shape index (κ1) is 18.6. The van der Waals surface area contributed by atoms with Crippen molar-refractivity contribution in [3.05, 3.63) is 34.9 Å². The van der Waals surface area contributed by atoms with Crippen LogP contribution in [-0.2, 0) is 11.2 Å². The number of hydrogen-bond donors (Lipinski definition) is 2. The van der Waals surface area contributed by atoms with E-state index in [1.165, 1.54) is 5.56 Å². The largest absolute Gasteiger partial charge is 0.353 e. The van der Waals surface area contributed by atoms with Crippen molar-refractivity contribution in [1.29, 1.82) is 0 Å². The van der Waals surface area contributed by atoms with Crippen molar-refractivity contribution in [2.24, 2.45) is 5.41 Å². The van der Waals surface area contributed by atoms with Gasteiger partial charge < -0.3 is 10.6 Å². The molecule has 1 saturated carbocycles. The Hall–Kier alpha value is -0.770. The highest BCUT2D eigenvalue weighted by atomic mass is 35.5. The van der Waals surface area contributed by atoms with Crippen LogP contribution in [0.2, 0.25) is 5.02 Å². The van der Waals surface area contributed by atoms with E-state index in [4.69, 9.17) is 11.6 Å². The monoisotopic (exact) mass is 356 g/mol. The van der Waals surface area contributed by atoms with Crippen molar-refractivity contribution in [2.75, 3.05) is 13.1 Å². The molecule has 0 aromatic heterocycles. The van der Waals surface area contributed by atoms with Gasteiger partial charge in [0.15, 0.2) is 0 Å². The summed E-state index contributed by atoms with van der Waals surface area (Å²) in [6.45, 7) is 2.01. The van der Waals surface area contributed by atoms with E-state index in [-0.39, 0.29) is 23.7 Å². The van der Waals surface area contributed by atoms with Crippen LogP contribution in [0.25, 0.3) is 0 Å². The van der Waals surface area contributed by atoms with Gasteiger partial charge in [0.2, 0.25) is 5.91 Å². The Labute approximate surface area is 150 Å². The van der Waals surface area contributed by atoms with Crippen LogP contribution in [-0.4, -0.2) is 25.0 Å². The molecule has 1 aromatic rings. The van der Waals surface area contributed by atoms with Crippen LogP contribution in [0.15, 0.2) is 24.3 Å². The molecule has 1 aliphatic carbocycles. The van der Waals surface area contributed by atoms with E-state index in [2.05, 4.69) is 16.7 Å². The maximum absolute atomic E-state index is 13.0. The molecule has 0 radical (unpaired) electrons. The number of piperidine rings is 1. The topological polar surface area (TPSA) is 41.1 Å². The second-order valence-corrected chi connectivity index (χ2v) is 7.23. The summed E-state index contributed by atoms with van der Waals surface area (Å²) in [6.07, 6.45) is 7.19. The fourth-order valence-electron chi connectivity index (χ4n) is 3.88. The molecule has 1 aliphatic heterocycles. The van der Waals surface area contributed by atoms with Crippen LogP contribution < -0.4 is 10.6 Å². The van der Waals surface area contributed by atoms with Gasteiger partial charge in [0.1, 0.15) is 0 Å². The summed E-state index contributed by atoms with van der Waals surface area (Å²) < 4.78 is 0. The number of nitrogens with one attached hydrogen (secondary N) is 2. The van der Waals surface area contributed by atoms with Gasteiger partial charge in [-0.05, 0) is 62.9 Å². The lowest BCUT2D eigenvalue weighted by atomic mass is 9.78. The maximum Gasteiger partial charge on any atom is 0.226 e. The first-order chi connectivity index (χ1) is 10.7. The predicted molar refractivity (Wildman–Crippen MR) is 97.3 cm³/mol. The summed E-state index contributed by atoms with van der Waals surface area (Å²) in [7, 11) is 0. The van der Waals surface area contributed by atoms with Crippen LogP contribution >= 0.6 is 24.0 Å². The molecular formula is C18H26Cl2N2O. The summed E-state index contributed by atoms with van der Waals surface area (Å²) in [5.41, 5.74) is 0.949. The van der Waals surface area contributed by atoms with Crippen molar-refractivity contribution >= 4 is 29.9 Å². The van der Waals surface area contributed by atoms with E-state index in [0.29, 0.717) is 6.04 Å². The van der Waals surface area contributed by atoms with E-state index in [1.807, 2.05) is 18.2 Å². The SMILES string of the molecule is Cl.O=C(NC1CCNCC1)C1(Cc2cccc(Cl)c2)CCCC1. The van der Waals surface area contributed by atoms with Gasteiger partial charge in [0, 0.05) is 11.1 Å². The molecular weight excluding hydrogens is 331 g/mol. The van der Waals surface area contributed by atoms with E-state index in [9.17, 15) is 4.79 Å². The first-order valence-electron chi connectivity index (χ1n) is 8.44. The van der Waals surface area contributed by atoms with Gasteiger partial charge >= 0.3 is 0 Å². The minimum atomic E-state index is -0.227. The third-order valence-corrected chi connectivity index (χ3v) is 5.38. The third kappa shape index (κ3) is 4.62. The number of benzene rings is 1. The Bertz CT molecular complexity index is 524.